The number of rotatable bonds is 5. The van der Waals surface area contributed by atoms with Crippen LogP contribution in [0.3, 0.4) is 0 Å². The van der Waals surface area contributed by atoms with Crippen molar-refractivity contribution in [3.63, 3.8) is 0 Å². The van der Waals surface area contributed by atoms with Crippen LogP contribution in [-0.4, -0.2) is 11.8 Å². The maximum absolute atomic E-state index is 11.2. The minimum atomic E-state index is 0.0611. The van der Waals surface area contributed by atoms with Gasteiger partial charge in [0.15, 0.2) is 0 Å². The van der Waals surface area contributed by atoms with Gasteiger partial charge in [0, 0.05) is 21.7 Å². The molecule has 0 fully saturated rings. The molecule has 0 saturated carbocycles. The van der Waals surface area contributed by atoms with E-state index in [9.17, 15) is 4.79 Å². The Morgan fingerprint density at radius 1 is 1.64 bits per heavy atom. The molecule has 14 heavy (non-hydrogen) atoms. The molecule has 1 aromatic rings. The predicted molar refractivity (Wildman–Crippen MR) is 63.8 cm³/mol. The van der Waals surface area contributed by atoms with Gasteiger partial charge in [-0.2, -0.15) is 0 Å². The summed E-state index contributed by atoms with van der Waals surface area (Å²) in [6.07, 6.45) is 1.24. The van der Waals surface area contributed by atoms with Gasteiger partial charge in [-0.05, 0) is 33.8 Å². The molecule has 0 aliphatic rings. The molecule has 0 unspecified atom stereocenters. The second-order valence-corrected chi connectivity index (χ2v) is 4.99. The molecule has 2 nitrogen and oxygen atoms in total. The molecule has 1 aromatic heterocycles. The van der Waals surface area contributed by atoms with Crippen molar-refractivity contribution in [1.29, 1.82) is 0 Å². The molecule has 5 heteroatoms. The van der Waals surface area contributed by atoms with Crippen molar-refractivity contribution in [2.45, 2.75) is 19.4 Å². The first kappa shape index (κ1) is 12.0. The van der Waals surface area contributed by atoms with Crippen LogP contribution in [0.4, 0.5) is 0 Å². The van der Waals surface area contributed by atoms with Gasteiger partial charge in [-0.3, -0.25) is 4.79 Å². The lowest BCUT2D eigenvalue weighted by Gasteiger charge is -2.02. The van der Waals surface area contributed by atoms with Gasteiger partial charge in [0.2, 0.25) is 5.91 Å². The summed E-state index contributed by atoms with van der Waals surface area (Å²) >= 11 is 10.5. The molecule has 0 saturated heterocycles. The molecule has 0 radical (unpaired) electrons. The van der Waals surface area contributed by atoms with Gasteiger partial charge in [-0.25, -0.2) is 0 Å². The minimum Gasteiger partial charge on any atom is -0.351 e. The minimum absolute atomic E-state index is 0.0611. The number of halogens is 2. The Morgan fingerprint density at radius 3 is 3.00 bits per heavy atom. The Morgan fingerprint density at radius 2 is 2.43 bits per heavy atom. The van der Waals surface area contributed by atoms with Crippen LogP contribution in [0.1, 0.15) is 17.7 Å². The summed E-state index contributed by atoms with van der Waals surface area (Å²) in [5.41, 5.74) is 0. The summed E-state index contributed by atoms with van der Waals surface area (Å²) in [6, 6.07) is 1.98. The molecule has 0 spiro atoms. The Bertz CT molecular complexity index is 303. The van der Waals surface area contributed by atoms with E-state index < -0.39 is 0 Å². The van der Waals surface area contributed by atoms with Crippen LogP contribution in [-0.2, 0) is 11.3 Å². The highest BCUT2D eigenvalue weighted by molar-refractivity contribution is 9.10. The van der Waals surface area contributed by atoms with E-state index in [1.807, 2.05) is 11.4 Å². The van der Waals surface area contributed by atoms with Gasteiger partial charge in [-0.15, -0.1) is 22.9 Å². The third-order valence-electron chi connectivity index (χ3n) is 1.67. The topological polar surface area (TPSA) is 29.1 Å². The van der Waals surface area contributed by atoms with E-state index >= 15 is 0 Å². The van der Waals surface area contributed by atoms with Crippen LogP contribution in [0, 0.1) is 0 Å². The van der Waals surface area contributed by atoms with E-state index in [-0.39, 0.29) is 5.91 Å². The maximum Gasteiger partial charge on any atom is 0.220 e. The van der Waals surface area contributed by atoms with Gasteiger partial charge in [0.25, 0.3) is 0 Å². The van der Waals surface area contributed by atoms with Crippen molar-refractivity contribution in [1.82, 2.24) is 5.32 Å². The Hall–Kier alpha value is -0.0600. The summed E-state index contributed by atoms with van der Waals surface area (Å²) in [6.45, 7) is 0.597. The van der Waals surface area contributed by atoms with Gasteiger partial charge >= 0.3 is 0 Å². The number of thiophene rings is 1. The predicted octanol–water partition coefficient (Wildman–Crippen LogP) is 3.15. The van der Waals surface area contributed by atoms with E-state index in [1.165, 1.54) is 0 Å². The van der Waals surface area contributed by atoms with Crippen LogP contribution in [0.15, 0.2) is 15.9 Å². The molecule has 0 bridgehead atoms. The molecular weight excluding hydrogens is 286 g/mol. The number of carbonyl (C=O) groups excluding carboxylic acids is 1. The van der Waals surface area contributed by atoms with Crippen LogP contribution >= 0.6 is 38.9 Å². The van der Waals surface area contributed by atoms with Crippen molar-refractivity contribution < 1.29 is 4.79 Å². The number of hydrogen-bond acceptors (Lipinski definition) is 2. The van der Waals surface area contributed by atoms with E-state index in [0.717, 1.165) is 15.8 Å². The highest BCUT2D eigenvalue weighted by Crippen LogP contribution is 2.22. The normalized spacial score (nSPS) is 10.1. The molecular formula is C9H11BrClNOS. The first-order valence-electron chi connectivity index (χ1n) is 4.28. The van der Waals surface area contributed by atoms with Crippen molar-refractivity contribution in [3.05, 3.63) is 20.8 Å². The van der Waals surface area contributed by atoms with Gasteiger partial charge in [-0.1, -0.05) is 0 Å². The SMILES string of the molecule is O=C(CCCCl)NCc1sccc1Br. The number of amides is 1. The fourth-order valence-electron chi connectivity index (χ4n) is 0.946. The van der Waals surface area contributed by atoms with Crippen LogP contribution < -0.4 is 5.32 Å². The molecule has 1 N–H and O–H groups in total. The van der Waals surface area contributed by atoms with E-state index in [0.29, 0.717) is 18.8 Å². The first-order chi connectivity index (χ1) is 6.74. The van der Waals surface area contributed by atoms with Gasteiger partial charge in [0.05, 0.1) is 6.54 Å². The van der Waals surface area contributed by atoms with Gasteiger partial charge in [0.1, 0.15) is 0 Å². The monoisotopic (exact) mass is 295 g/mol. The number of nitrogens with one attached hydrogen (secondary N) is 1. The lowest BCUT2D eigenvalue weighted by Crippen LogP contribution is -2.22. The van der Waals surface area contributed by atoms with Crippen molar-refractivity contribution in [3.8, 4) is 0 Å². The highest BCUT2D eigenvalue weighted by atomic mass is 79.9. The fourth-order valence-corrected chi connectivity index (χ4v) is 2.51. The van der Waals surface area contributed by atoms with Crippen molar-refractivity contribution in [2.75, 3.05) is 5.88 Å². The molecule has 0 aliphatic heterocycles. The zero-order valence-electron chi connectivity index (χ0n) is 7.56. The fraction of sp³-hybridized carbons (Fsp3) is 0.444. The highest BCUT2D eigenvalue weighted by Gasteiger charge is 2.03. The van der Waals surface area contributed by atoms with E-state index in [4.69, 9.17) is 11.6 Å². The summed E-state index contributed by atoms with van der Waals surface area (Å²) in [5.74, 6) is 0.599. The largest absolute Gasteiger partial charge is 0.351 e. The molecule has 78 valence electrons. The molecule has 1 amide bonds. The summed E-state index contributed by atoms with van der Waals surface area (Å²) in [7, 11) is 0. The molecule has 1 heterocycles. The Labute approximate surface area is 101 Å². The number of alkyl halides is 1. The quantitative estimate of drug-likeness (QED) is 0.831. The van der Waals surface area contributed by atoms with Crippen molar-refractivity contribution in [2.24, 2.45) is 0 Å². The van der Waals surface area contributed by atoms with Crippen molar-refractivity contribution >= 4 is 44.8 Å². The summed E-state index contributed by atoms with van der Waals surface area (Å²) in [5, 5.41) is 4.83. The van der Waals surface area contributed by atoms with Crippen LogP contribution in [0.5, 0.6) is 0 Å². The zero-order valence-corrected chi connectivity index (χ0v) is 10.7. The molecule has 0 atom stereocenters. The van der Waals surface area contributed by atoms with E-state index in [2.05, 4.69) is 21.2 Å². The second kappa shape index (κ2) is 6.43. The average molecular weight is 297 g/mol. The lowest BCUT2D eigenvalue weighted by molar-refractivity contribution is -0.121. The second-order valence-electron chi connectivity index (χ2n) is 2.76. The molecule has 0 aliphatic carbocycles. The number of carbonyl (C=O) groups is 1. The zero-order chi connectivity index (χ0) is 10.4. The standard InChI is InChI=1S/C9H11BrClNOS/c10-7-3-5-14-8(7)6-12-9(13)2-1-4-11/h3,5H,1-2,4,6H2,(H,12,13). The Balaban J connectivity index is 2.27. The molecule has 1 rings (SSSR count). The molecule has 0 aromatic carbocycles. The summed E-state index contributed by atoms with van der Waals surface area (Å²) in [4.78, 5) is 12.4. The Kier molecular flexibility index (Phi) is 5.52. The first-order valence-corrected chi connectivity index (χ1v) is 6.49. The smallest absolute Gasteiger partial charge is 0.220 e. The third-order valence-corrected chi connectivity index (χ3v) is 3.87. The van der Waals surface area contributed by atoms with E-state index in [1.54, 1.807) is 11.3 Å². The lowest BCUT2D eigenvalue weighted by atomic mass is 10.3. The maximum atomic E-state index is 11.2. The van der Waals surface area contributed by atoms with Crippen LogP contribution in [0.25, 0.3) is 0 Å². The van der Waals surface area contributed by atoms with Crippen LogP contribution in [0.2, 0.25) is 0 Å². The third kappa shape index (κ3) is 3.98. The summed E-state index contributed by atoms with van der Waals surface area (Å²) < 4.78 is 1.06. The number of hydrogen-bond donors (Lipinski definition) is 1. The average Bonchev–Trinajstić information content (AvgIpc) is 2.58. The van der Waals surface area contributed by atoms with Gasteiger partial charge < -0.3 is 5.32 Å².